The molecule has 0 nitrogen and oxygen atoms in total. The molecule has 112 valence electrons. The molecule has 0 aromatic carbocycles. The number of hydrogen-bond donors (Lipinski definition) is 0. The van der Waals surface area contributed by atoms with E-state index in [0.717, 1.165) is 29.6 Å². The quantitative estimate of drug-likeness (QED) is 0.385. The van der Waals surface area contributed by atoms with Crippen LogP contribution >= 0.6 is 0 Å². The molecular formula is C19H33Rf-. The Kier molecular flexibility index (Phi) is 5.49. The molecule has 0 radical (unpaired) electrons. The van der Waals surface area contributed by atoms with Crippen LogP contribution in [0.2, 0.25) is 0 Å². The molecule has 0 saturated heterocycles. The van der Waals surface area contributed by atoms with Crippen LogP contribution in [0.4, 0.5) is 0 Å². The van der Waals surface area contributed by atoms with Crippen molar-refractivity contribution in [2.75, 3.05) is 0 Å². The third kappa shape index (κ3) is 3.55. The van der Waals surface area contributed by atoms with Crippen LogP contribution in [0.5, 0.6) is 0 Å². The minimum atomic E-state index is 0. The van der Waals surface area contributed by atoms with Gasteiger partial charge in [-0.3, -0.25) is 0 Å². The van der Waals surface area contributed by atoms with Gasteiger partial charge in [0.05, 0.1) is 0 Å². The van der Waals surface area contributed by atoms with Crippen molar-refractivity contribution in [1.82, 2.24) is 0 Å². The van der Waals surface area contributed by atoms with Crippen LogP contribution in [0.15, 0.2) is 0 Å². The van der Waals surface area contributed by atoms with E-state index in [-0.39, 0.29) is 0 Å². The summed E-state index contributed by atoms with van der Waals surface area (Å²) in [6.45, 7) is 2.45. The smallest absolute Gasteiger partial charge is 0 e. The maximum atomic E-state index is 2.52. The molecule has 0 bridgehead atoms. The summed E-state index contributed by atoms with van der Waals surface area (Å²) in [4.78, 5) is 0. The Labute approximate surface area is 120 Å². The van der Waals surface area contributed by atoms with E-state index < -0.39 is 0 Å². The second-order valence-electron chi connectivity index (χ2n) is 7.90. The molecule has 0 aromatic rings. The monoisotopic (exact) mass is 528 g/mol. The summed E-state index contributed by atoms with van der Waals surface area (Å²) in [6.07, 6.45) is 20.8. The van der Waals surface area contributed by atoms with Crippen molar-refractivity contribution >= 4 is 0 Å². The average molecular weight is 528 g/mol. The predicted molar refractivity (Wildman–Crippen MR) is 82.8 cm³/mol. The van der Waals surface area contributed by atoms with Gasteiger partial charge in [-0.25, -0.2) is 0 Å². The largest absolute Gasteiger partial charge is 0.328 e. The molecule has 0 amide bonds. The van der Waals surface area contributed by atoms with Gasteiger partial charge in [0.2, 0.25) is 0 Å². The van der Waals surface area contributed by atoms with Crippen LogP contribution in [-0.4, -0.2) is 0 Å². The van der Waals surface area contributed by atoms with Crippen LogP contribution in [0, 0.1) is 36.0 Å². The zero-order chi connectivity index (χ0) is 13.1. The van der Waals surface area contributed by atoms with Crippen molar-refractivity contribution in [3.63, 3.8) is 0 Å². The summed E-state index contributed by atoms with van der Waals surface area (Å²) < 4.78 is 0. The van der Waals surface area contributed by atoms with Crippen molar-refractivity contribution in [1.29, 1.82) is 0 Å². The van der Waals surface area contributed by atoms with Gasteiger partial charge in [-0.2, -0.15) is 12.8 Å². The van der Waals surface area contributed by atoms with Gasteiger partial charge in [0.1, 0.15) is 0 Å². The van der Waals surface area contributed by atoms with Crippen molar-refractivity contribution in [3.05, 3.63) is 6.42 Å². The van der Waals surface area contributed by atoms with Gasteiger partial charge in [0.25, 0.3) is 0 Å². The Bertz CT molecular complexity index is 253. The summed E-state index contributed by atoms with van der Waals surface area (Å²) >= 11 is 0. The first kappa shape index (κ1) is 15.4. The first-order valence-corrected chi connectivity index (χ1v) is 9.14. The van der Waals surface area contributed by atoms with Crippen molar-refractivity contribution < 1.29 is 0 Å². The Morgan fingerprint density at radius 2 is 0.900 bits per heavy atom. The van der Waals surface area contributed by atoms with E-state index in [9.17, 15) is 0 Å². The summed E-state index contributed by atoms with van der Waals surface area (Å²) in [6, 6.07) is 0. The molecule has 3 aliphatic rings. The first-order chi connectivity index (χ1) is 9.33. The van der Waals surface area contributed by atoms with Gasteiger partial charge in [-0.05, 0) is 68.1 Å². The van der Waals surface area contributed by atoms with Crippen molar-refractivity contribution in [2.45, 2.75) is 84.0 Å². The standard InChI is InChI=1S/C19H33.Rf/c1-15-7-9-17(10-8-15)19-13-11-18(12-14-19)16-5-3-2-4-6-16;/h2,15-19H,3-14H2,1H3;/q-1;. The maximum Gasteiger partial charge on any atom is 0 e. The van der Waals surface area contributed by atoms with E-state index in [2.05, 4.69) is 13.3 Å². The zero-order valence-corrected chi connectivity index (χ0v) is 20.1. The van der Waals surface area contributed by atoms with Gasteiger partial charge in [0, 0.05) is 0 Å². The summed E-state index contributed by atoms with van der Waals surface area (Å²) in [5, 5.41) is 0. The van der Waals surface area contributed by atoms with Gasteiger partial charge in [0.15, 0.2) is 0 Å². The van der Waals surface area contributed by atoms with Crippen LogP contribution in [0.3, 0.4) is 0 Å². The Hall–Kier alpha value is -1.00. The van der Waals surface area contributed by atoms with Crippen LogP contribution in [-0.2, 0) is 0 Å². The minimum absolute atomic E-state index is 0. The molecule has 3 saturated carbocycles. The number of rotatable bonds is 2. The fourth-order valence-electron chi connectivity index (χ4n) is 5.27. The molecule has 1 heteroatoms. The second-order valence-corrected chi connectivity index (χ2v) is 7.90. The summed E-state index contributed by atoms with van der Waals surface area (Å²) in [5.74, 6) is 5.44. The average Bonchev–Trinajstić information content (AvgIpc) is 2.49. The van der Waals surface area contributed by atoms with Crippen molar-refractivity contribution in [2.24, 2.45) is 29.6 Å². The Balaban J connectivity index is 0.00000147. The molecule has 3 fully saturated rings. The molecule has 0 aliphatic heterocycles. The van der Waals surface area contributed by atoms with Gasteiger partial charge in [-0.15, -0.1) is 0 Å². The molecule has 3 aliphatic carbocycles. The van der Waals surface area contributed by atoms with E-state index in [4.69, 9.17) is 0 Å². The van der Waals surface area contributed by atoms with Crippen LogP contribution in [0.1, 0.15) is 84.0 Å². The molecule has 0 spiro atoms. The van der Waals surface area contributed by atoms with Gasteiger partial charge >= 0.3 is 0 Å². The van der Waals surface area contributed by atoms with E-state index in [1.807, 2.05) is 0 Å². The summed E-state index contributed by atoms with van der Waals surface area (Å²) in [5.41, 5.74) is 0. The molecule has 0 N–H and O–H groups in total. The fourth-order valence-corrected chi connectivity index (χ4v) is 5.27. The van der Waals surface area contributed by atoms with Gasteiger partial charge < -0.3 is 6.42 Å². The molecule has 0 heterocycles. The molecular weight excluding hydrogens is 495 g/mol. The second kappa shape index (κ2) is 7.14. The predicted octanol–water partition coefficient (Wildman–Crippen LogP) is 6.01. The molecule has 0 atom stereocenters. The first-order valence-electron chi connectivity index (χ1n) is 9.14. The zero-order valence-electron chi connectivity index (χ0n) is 13.7. The maximum absolute atomic E-state index is 2.52. The minimum Gasteiger partial charge on any atom is -0.328 e. The fraction of sp³-hybridized carbons (Fsp3) is 0.947. The Morgan fingerprint density at radius 1 is 0.550 bits per heavy atom. The number of hydrogen-bond acceptors (Lipinski definition) is 0. The molecule has 0 unspecified atom stereocenters. The topological polar surface area (TPSA) is 0 Å². The van der Waals surface area contributed by atoms with Crippen molar-refractivity contribution in [3.8, 4) is 0 Å². The van der Waals surface area contributed by atoms with Gasteiger partial charge in [-0.1, -0.05) is 32.6 Å². The molecule has 3 rings (SSSR count). The van der Waals surface area contributed by atoms with E-state index >= 15 is 0 Å². The normalized spacial score (nSPS) is 40.0. The molecule has 0 aromatic heterocycles. The van der Waals surface area contributed by atoms with Crippen LogP contribution in [0.25, 0.3) is 0 Å². The van der Waals surface area contributed by atoms with E-state index in [0.29, 0.717) is 0 Å². The molecule has 20 heavy (non-hydrogen) atoms. The van der Waals surface area contributed by atoms with Crippen LogP contribution < -0.4 is 0 Å². The van der Waals surface area contributed by atoms with E-state index in [1.165, 1.54) is 38.5 Å². The van der Waals surface area contributed by atoms with E-state index in [1.54, 1.807) is 38.5 Å². The Morgan fingerprint density at radius 3 is 1.35 bits per heavy atom. The third-order valence-corrected chi connectivity index (χ3v) is 6.69. The third-order valence-electron chi connectivity index (χ3n) is 6.69. The SMILES string of the molecule is CC1CCC(C2CCC(C3CC[CH-]CC3)CC2)CC1.[Rf]. The summed E-state index contributed by atoms with van der Waals surface area (Å²) in [7, 11) is 0.